The van der Waals surface area contributed by atoms with E-state index in [0.29, 0.717) is 76.2 Å². The molecule has 0 radical (unpaired) electrons. The van der Waals surface area contributed by atoms with E-state index >= 15 is 0 Å². The van der Waals surface area contributed by atoms with Crippen LogP contribution in [0.4, 0.5) is 51.3 Å². The van der Waals surface area contributed by atoms with Gasteiger partial charge in [-0.3, -0.25) is 38.7 Å². The summed E-state index contributed by atoms with van der Waals surface area (Å²) >= 11 is 17.1. The van der Waals surface area contributed by atoms with Crippen molar-refractivity contribution in [2.75, 3.05) is 31.6 Å². The summed E-state index contributed by atoms with van der Waals surface area (Å²) in [7, 11) is 3.69. The number of rotatable bonds is 13. The highest BCUT2D eigenvalue weighted by Gasteiger charge is 2.46. The molecule has 14 heterocycles. The highest BCUT2D eigenvalue weighted by Crippen LogP contribution is 2.48. The lowest BCUT2D eigenvalue weighted by molar-refractivity contribution is -0.142. The lowest BCUT2D eigenvalue weighted by Crippen LogP contribution is -2.40. The van der Waals surface area contributed by atoms with Crippen molar-refractivity contribution in [1.82, 2.24) is 69.6 Å². The van der Waals surface area contributed by atoms with Crippen LogP contribution in [-0.4, -0.2) is 108 Å². The molecule has 2 N–H and O–H groups in total. The van der Waals surface area contributed by atoms with Crippen LogP contribution in [0.2, 0.25) is 5.15 Å². The minimum Gasteiger partial charge on any atom is -0.381 e. The van der Waals surface area contributed by atoms with E-state index in [-0.39, 0.29) is 36.2 Å². The molecule has 1 fully saturated rings. The predicted octanol–water partition coefficient (Wildman–Crippen LogP) is 17.7. The summed E-state index contributed by atoms with van der Waals surface area (Å²) in [6.07, 6.45) is 2.26. The third-order valence-electron chi connectivity index (χ3n) is 16.6. The summed E-state index contributed by atoms with van der Waals surface area (Å²) in [5.41, 5.74) is 1.57. The van der Waals surface area contributed by atoms with Crippen molar-refractivity contribution in [3.63, 3.8) is 0 Å². The van der Waals surface area contributed by atoms with Crippen molar-refractivity contribution in [1.29, 1.82) is 0 Å². The molecule has 1 saturated heterocycles. The molecule has 0 spiro atoms. The van der Waals surface area contributed by atoms with Gasteiger partial charge >= 0.3 is 18.5 Å². The molecule has 19 nitrogen and oxygen atoms in total. The number of hydrogen-bond donors (Lipinski definition) is 2. The van der Waals surface area contributed by atoms with Gasteiger partial charge in [0.15, 0.2) is 0 Å². The molecular weight excluding hydrogens is 1580 g/mol. The number of carbonyl (C=O) groups excluding carboxylic acids is 3. The second kappa shape index (κ2) is 33.6. The lowest BCUT2D eigenvalue weighted by Gasteiger charge is -2.32. The molecule has 4 aliphatic rings. The van der Waals surface area contributed by atoms with Crippen LogP contribution in [0.3, 0.4) is 0 Å². The van der Waals surface area contributed by atoms with Gasteiger partial charge in [0.2, 0.25) is 5.95 Å². The first-order valence-electron chi connectivity index (χ1n) is 32.3. The van der Waals surface area contributed by atoms with Crippen LogP contribution >= 0.6 is 77.5 Å². The standard InChI is InChI=1S/C24H22F3N7OS.C16H14BrF3N2OS.C9H9ClN4.C9H10F3N.C8H8BrNOS.C4H8O/c1-23(2)20-15(21(35)34(23)11-7-14-4-8-28-18(12-14)24(25,26)27)13-17(36-20)16-5-9-29-22(31-16)32-19-6-10-30-33(19)3;1-15(2)13-10(8-12(17)24-13)14(23)22(15)6-4-9-3-5-21-11(7-9)16(18,19)20;1-14-7(2-5-12-14)6-9-11-4-3-8(10)13-9;1-2-3-7-4-5-13-8(6-7)9(10,11)12;1-8(2)6-4(7(11)10-8)3-5(9)12-6;1-2-4-5-3-1/h4-6,8-10,12-13H,7,11H2,1-3H3,(H,29,31,32);3,5,7-8H,4,6H2,1-2H3;2-5H,6H2,1H3;4-6H,2-3H2,1H3;3H,1-2H3,(H,10,11);1-4H2. The van der Waals surface area contributed by atoms with Crippen molar-refractivity contribution in [2.45, 2.75) is 129 Å². The molecule has 0 unspecified atom stereocenters. The number of amides is 3. The fourth-order valence-electron chi connectivity index (χ4n) is 11.3. The number of ether oxygens (including phenoxy) is 1. The Morgan fingerprint density at radius 3 is 1.50 bits per heavy atom. The number of thiophene rings is 3. The van der Waals surface area contributed by atoms with Gasteiger partial charge in [-0.15, -0.1) is 34.0 Å². The lowest BCUT2D eigenvalue weighted by atomic mass is 10.0. The minimum atomic E-state index is -4.51. The maximum absolute atomic E-state index is 13.3. The normalized spacial score (nSPS) is 15.2. The number of aryl methyl sites for hydroxylation is 3. The molecule has 4 aliphatic heterocycles. The van der Waals surface area contributed by atoms with E-state index in [9.17, 15) is 53.9 Å². The summed E-state index contributed by atoms with van der Waals surface area (Å²) in [6.45, 7) is 16.4. The SMILES string of the molecule is C1CCOC1.CC1(C)NC(=O)c2cc(Br)sc21.CC1(C)c2sc(Br)cc2C(=O)N1CCc1ccnc(C(F)(F)F)c1.CCCc1ccnc(C(F)(F)F)c1.Cn1nccc1Cc1nccc(Cl)n1.Cn1nccc1Nc1nccc(-c2cc3c(s2)C(C)(C)N(CCc2ccnc(C(F)(F)F)c2)C3=O)n1. The van der Waals surface area contributed by atoms with Crippen LogP contribution in [0.15, 0.2) is 130 Å². The summed E-state index contributed by atoms with van der Waals surface area (Å²) in [6, 6.07) is 20.6. The molecule has 0 saturated carbocycles. The number of aromatic nitrogens is 11. The van der Waals surface area contributed by atoms with Crippen LogP contribution in [-0.2, 0) is 79.7 Å². The van der Waals surface area contributed by atoms with E-state index in [0.717, 1.165) is 94.4 Å². The van der Waals surface area contributed by atoms with Crippen LogP contribution in [0.1, 0.15) is 159 Å². The van der Waals surface area contributed by atoms with Crippen molar-refractivity contribution in [2.24, 2.45) is 14.1 Å². The first kappa shape index (κ1) is 80.0. The van der Waals surface area contributed by atoms with Crippen molar-refractivity contribution >= 4 is 107 Å². The Morgan fingerprint density at radius 2 is 1.05 bits per heavy atom. The molecule has 3 amide bonds. The maximum Gasteiger partial charge on any atom is 0.433 e. The molecular formula is C70H71Br2ClF9N15O4S3. The number of nitrogens with zero attached hydrogens (tertiary/aromatic N) is 13. The smallest absolute Gasteiger partial charge is 0.381 e. The Morgan fingerprint density at radius 1 is 0.567 bits per heavy atom. The third kappa shape index (κ3) is 20.1. The van der Waals surface area contributed by atoms with Crippen molar-refractivity contribution < 1.29 is 58.6 Å². The molecule has 34 heteroatoms. The van der Waals surface area contributed by atoms with E-state index in [1.54, 1.807) is 105 Å². The molecule has 552 valence electrons. The zero-order valence-electron chi connectivity index (χ0n) is 57.5. The summed E-state index contributed by atoms with van der Waals surface area (Å²) in [5.74, 6) is 1.67. The zero-order valence-corrected chi connectivity index (χ0v) is 63.9. The third-order valence-corrected chi connectivity index (χ3v) is 22.2. The average Bonchev–Trinajstić information content (AvgIpc) is 1.59. The number of halogens is 12. The number of carbonyl (C=O) groups is 3. The number of alkyl halides is 9. The highest BCUT2D eigenvalue weighted by molar-refractivity contribution is 9.11. The molecule has 0 aromatic carbocycles. The molecule has 10 aromatic rings. The first-order chi connectivity index (χ1) is 48.9. The molecule has 104 heavy (non-hydrogen) atoms. The van der Waals surface area contributed by atoms with Crippen LogP contribution in [0.5, 0.6) is 0 Å². The maximum atomic E-state index is 13.3. The van der Waals surface area contributed by atoms with Gasteiger partial charge in [0, 0.05) is 110 Å². The van der Waals surface area contributed by atoms with E-state index in [4.69, 9.17) is 16.3 Å². The van der Waals surface area contributed by atoms with E-state index in [1.807, 2.05) is 73.7 Å². The van der Waals surface area contributed by atoms with Gasteiger partial charge < -0.3 is 25.2 Å². The molecule has 14 rings (SSSR count). The second-order valence-corrected chi connectivity index (χ2v) is 31.7. The second-order valence-electron chi connectivity index (χ2n) is 25.4. The monoisotopic (exact) mass is 1650 g/mol. The number of pyridine rings is 3. The Bertz CT molecular complexity index is 4640. The number of anilines is 2. The Labute approximate surface area is 627 Å². The number of fused-ring (bicyclic) bond motifs is 3. The van der Waals surface area contributed by atoms with Gasteiger partial charge in [-0.1, -0.05) is 24.9 Å². The van der Waals surface area contributed by atoms with E-state index in [2.05, 4.69) is 87.6 Å². The Balaban J connectivity index is 0.000000158. The van der Waals surface area contributed by atoms with Crippen LogP contribution in [0, 0.1) is 0 Å². The molecule has 0 bridgehead atoms. The van der Waals surface area contributed by atoms with E-state index in [1.165, 1.54) is 41.7 Å². The Hall–Kier alpha value is -8.08. The van der Waals surface area contributed by atoms with E-state index < -0.39 is 46.7 Å². The largest absolute Gasteiger partial charge is 0.433 e. The minimum absolute atomic E-state index is 0.0388. The average molecular weight is 1650 g/mol. The number of hydrogen-bond acceptors (Lipinski definition) is 17. The molecule has 0 aliphatic carbocycles. The van der Waals surface area contributed by atoms with Gasteiger partial charge in [-0.05, 0) is 195 Å². The molecule has 10 aromatic heterocycles. The summed E-state index contributed by atoms with van der Waals surface area (Å²) in [4.78, 5) is 71.6. The predicted molar refractivity (Wildman–Crippen MR) is 387 cm³/mol. The van der Waals surface area contributed by atoms with Gasteiger partial charge in [0.1, 0.15) is 33.9 Å². The van der Waals surface area contributed by atoms with Crippen molar-refractivity contribution in [3.8, 4) is 10.6 Å². The van der Waals surface area contributed by atoms with Gasteiger partial charge in [0.05, 0.1) is 57.6 Å². The first-order valence-corrected chi connectivity index (χ1v) is 36.7. The molecule has 0 atom stereocenters. The fourth-order valence-corrected chi connectivity index (χ4v) is 16.1. The van der Waals surface area contributed by atoms with Gasteiger partial charge in [0.25, 0.3) is 17.7 Å². The summed E-state index contributed by atoms with van der Waals surface area (Å²) in [5, 5.41) is 14.7. The van der Waals surface area contributed by atoms with Crippen LogP contribution < -0.4 is 10.6 Å². The van der Waals surface area contributed by atoms with Crippen LogP contribution in [0.25, 0.3) is 10.6 Å². The number of nitrogens with one attached hydrogen (secondary N) is 2. The topological polar surface area (TPSA) is 217 Å². The van der Waals surface area contributed by atoms with Gasteiger partial charge in [-0.25, -0.2) is 19.9 Å². The quantitative estimate of drug-likeness (QED) is 0.0811. The highest BCUT2D eigenvalue weighted by atomic mass is 79.9. The summed E-state index contributed by atoms with van der Waals surface area (Å²) < 4.78 is 124. The zero-order chi connectivity index (χ0) is 75.7. The van der Waals surface area contributed by atoms with Crippen molar-refractivity contribution in [3.05, 3.63) is 212 Å². The fraction of sp³-hybridized carbons (Fsp3) is 0.371. The van der Waals surface area contributed by atoms with Gasteiger partial charge in [-0.2, -0.15) is 49.7 Å². The Kier molecular flexibility index (Phi) is 25.8.